The van der Waals surface area contributed by atoms with E-state index in [4.69, 9.17) is 0 Å². The van der Waals surface area contributed by atoms with E-state index in [0.717, 1.165) is 0 Å². The largest absolute Gasteiger partial charge is 0.322 e. The third-order valence-electron chi connectivity index (χ3n) is 2.88. The maximum absolute atomic E-state index is 12.2. The van der Waals surface area contributed by atoms with Gasteiger partial charge < -0.3 is 10.6 Å². The molecule has 0 unspecified atom stereocenters. The van der Waals surface area contributed by atoms with Gasteiger partial charge in [-0.15, -0.1) is 0 Å². The van der Waals surface area contributed by atoms with E-state index in [1.54, 1.807) is 30.3 Å². The normalized spacial score (nSPS) is 9.91. The minimum Gasteiger partial charge on any atom is -0.322 e. The van der Waals surface area contributed by atoms with Gasteiger partial charge >= 0.3 is 0 Å². The standard InChI is InChI=1S/C16H15N3O3/c1-10(20)12-3-5-14(6-4-12)19-16(22)13-7-8-17-15(9-13)18-11(2)21/h3-9H,1-2H3,(H,19,22)(H,17,18,21). The van der Waals surface area contributed by atoms with Gasteiger partial charge in [-0.3, -0.25) is 14.4 Å². The van der Waals surface area contributed by atoms with Crippen molar-refractivity contribution in [1.29, 1.82) is 0 Å². The molecule has 2 rings (SSSR count). The molecule has 22 heavy (non-hydrogen) atoms. The average Bonchev–Trinajstić information content (AvgIpc) is 2.47. The van der Waals surface area contributed by atoms with Crippen LogP contribution >= 0.6 is 0 Å². The van der Waals surface area contributed by atoms with Crippen molar-refractivity contribution in [3.05, 3.63) is 53.7 Å². The van der Waals surface area contributed by atoms with Crippen LogP contribution in [0.15, 0.2) is 42.6 Å². The lowest BCUT2D eigenvalue weighted by Crippen LogP contribution is -2.14. The number of carbonyl (C=O) groups excluding carboxylic acids is 3. The molecule has 0 saturated heterocycles. The van der Waals surface area contributed by atoms with Crippen molar-refractivity contribution in [1.82, 2.24) is 4.98 Å². The number of anilines is 2. The third-order valence-corrected chi connectivity index (χ3v) is 2.88. The van der Waals surface area contributed by atoms with Gasteiger partial charge in [0.25, 0.3) is 5.91 Å². The molecule has 1 heterocycles. The average molecular weight is 297 g/mol. The molecule has 1 aromatic heterocycles. The maximum Gasteiger partial charge on any atom is 0.255 e. The van der Waals surface area contributed by atoms with Crippen molar-refractivity contribution in [2.75, 3.05) is 10.6 Å². The van der Waals surface area contributed by atoms with Crippen LogP contribution in [-0.2, 0) is 4.79 Å². The number of aromatic nitrogens is 1. The van der Waals surface area contributed by atoms with Crippen LogP contribution in [0.25, 0.3) is 0 Å². The van der Waals surface area contributed by atoms with Crippen LogP contribution in [0.1, 0.15) is 34.6 Å². The van der Waals surface area contributed by atoms with E-state index in [1.165, 1.54) is 26.1 Å². The minimum atomic E-state index is -0.329. The highest BCUT2D eigenvalue weighted by atomic mass is 16.2. The Hall–Kier alpha value is -3.02. The summed E-state index contributed by atoms with van der Waals surface area (Å²) >= 11 is 0. The molecule has 6 nitrogen and oxygen atoms in total. The Morgan fingerprint density at radius 3 is 2.18 bits per heavy atom. The summed E-state index contributed by atoms with van der Waals surface area (Å²) in [6.07, 6.45) is 1.44. The number of Topliss-reactive ketones (excluding diaryl/α,β-unsaturated/α-hetero) is 1. The van der Waals surface area contributed by atoms with Crippen LogP contribution in [0.2, 0.25) is 0 Å². The fourth-order valence-corrected chi connectivity index (χ4v) is 1.81. The molecule has 0 atom stereocenters. The summed E-state index contributed by atoms with van der Waals surface area (Å²) in [6, 6.07) is 9.64. The first-order chi connectivity index (χ1) is 10.5. The number of hydrogen-bond donors (Lipinski definition) is 2. The molecular weight excluding hydrogens is 282 g/mol. The minimum absolute atomic E-state index is 0.0352. The molecule has 2 aromatic rings. The van der Waals surface area contributed by atoms with E-state index in [2.05, 4.69) is 15.6 Å². The zero-order valence-corrected chi connectivity index (χ0v) is 12.2. The molecular formula is C16H15N3O3. The summed E-state index contributed by atoms with van der Waals surface area (Å²) < 4.78 is 0. The van der Waals surface area contributed by atoms with Crippen LogP contribution in [0, 0.1) is 0 Å². The lowest BCUT2D eigenvalue weighted by atomic mass is 10.1. The van der Waals surface area contributed by atoms with Crippen molar-refractivity contribution in [2.24, 2.45) is 0 Å². The summed E-state index contributed by atoms with van der Waals surface area (Å²) in [4.78, 5) is 38.3. The second-order valence-electron chi connectivity index (χ2n) is 4.70. The van der Waals surface area contributed by atoms with Gasteiger partial charge in [0, 0.05) is 29.9 Å². The molecule has 0 fully saturated rings. The molecule has 2 amide bonds. The van der Waals surface area contributed by atoms with Crippen LogP contribution in [0.5, 0.6) is 0 Å². The highest BCUT2D eigenvalue weighted by Crippen LogP contribution is 2.13. The molecule has 2 N–H and O–H groups in total. The fraction of sp³-hybridized carbons (Fsp3) is 0.125. The number of nitrogens with zero attached hydrogens (tertiary/aromatic N) is 1. The van der Waals surface area contributed by atoms with Gasteiger partial charge in [0.15, 0.2) is 5.78 Å². The van der Waals surface area contributed by atoms with E-state index in [9.17, 15) is 14.4 Å². The number of carbonyl (C=O) groups is 3. The zero-order chi connectivity index (χ0) is 16.1. The van der Waals surface area contributed by atoms with Crippen molar-refractivity contribution in [3.8, 4) is 0 Å². The van der Waals surface area contributed by atoms with Crippen LogP contribution in [0.4, 0.5) is 11.5 Å². The Labute approximate surface area is 127 Å². The Morgan fingerprint density at radius 2 is 1.59 bits per heavy atom. The summed E-state index contributed by atoms with van der Waals surface area (Å²) in [7, 11) is 0. The summed E-state index contributed by atoms with van der Waals surface area (Å²) in [6.45, 7) is 2.85. The van der Waals surface area contributed by atoms with Gasteiger partial charge in [-0.25, -0.2) is 4.98 Å². The first-order valence-electron chi connectivity index (χ1n) is 6.61. The number of amides is 2. The quantitative estimate of drug-likeness (QED) is 0.849. The van der Waals surface area contributed by atoms with E-state index >= 15 is 0 Å². The summed E-state index contributed by atoms with van der Waals surface area (Å²) in [5.41, 5.74) is 1.53. The molecule has 112 valence electrons. The van der Waals surface area contributed by atoms with E-state index in [1.807, 2.05) is 0 Å². The van der Waals surface area contributed by atoms with Crippen molar-refractivity contribution in [2.45, 2.75) is 13.8 Å². The predicted molar refractivity (Wildman–Crippen MR) is 82.9 cm³/mol. The number of nitrogens with one attached hydrogen (secondary N) is 2. The van der Waals surface area contributed by atoms with Crippen LogP contribution < -0.4 is 10.6 Å². The highest BCUT2D eigenvalue weighted by molar-refractivity contribution is 6.05. The van der Waals surface area contributed by atoms with Gasteiger partial charge in [-0.2, -0.15) is 0 Å². The maximum atomic E-state index is 12.2. The second-order valence-corrected chi connectivity index (χ2v) is 4.70. The monoisotopic (exact) mass is 297 g/mol. The highest BCUT2D eigenvalue weighted by Gasteiger charge is 2.08. The van der Waals surface area contributed by atoms with E-state index < -0.39 is 0 Å². The van der Waals surface area contributed by atoms with Crippen LogP contribution in [0.3, 0.4) is 0 Å². The Morgan fingerprint density at radius 1 is 0.909 bits per heavy atom. The Kier molecular flexibility index (Phi) is 4.63. The summed E-state index contributed by atoms with van der Waals surface area (Å²) in [5.74, 6) is -0.312. The number of rotatable bonds is 4. The van der Waals surface area contributed by atoms with E-state index in [-0.39, 0.29) is 17.6 Å². The molecule has 0 aliphatic carbocycles. The van der Waals surface area contributed by atoms with Crippen molar-refractivity contribution in [3.63, 3.8) is 0 Å². The molecule has 0 radical (unpaired) electrons. The first-order valence-corrected chi connectivity index (χ1v) is 6.61. The third kappa shape index (κ3) is 3.99. The van der Waals surface area contributed by atoms with Gasteiger partial charge in [0.05, 0.1) is 0 Å². The summed E-state index contributed by atoms with van der Waals surface area (Å²) in [5, 5.41) is 5.23. The Bertz CT molecular complexity index is 724. The van der Waals surface area contributed by atoms with Crippen molar-refractivity contribution >= 4 is 29.1 Å². The van der Waals surface area contributed by atoms with Crippen LogP contribution in [-0.4, -0.2) is 22.6 Å². The number of pyridine rings is 1. The smallest absolute Gasteiger partial charge is 0.255 e. The fourth-order valence-electron chi connectivity index (χ4n) is 1.81. The number of benzene rings is 1. The molecule has 6 heteroatoms. The predicted octanol–water partition coefficient (Wildman–Crippen LogP) is 2.49. The molecule has 0 aliphatic heterocycles. The SMILES string of the molecule is CC(=O)Nc1cc(C(=O)Nc2ccc(C(C)=O)cc2)ccn1. The van der Waals surface area contributed by atoms with Crippen molar-refractivity contribution < 1.29 is 14.4 Å². The second kappa shape index (κ2) is 6.62. The molecule has 0 saturated carbocycles. The van der Waals surface area contributed by atoms with Gasteiger partial charge in [-0.05, 0) is 43.3 Å². The number of hydrogen-bond acceptors (Lipinski definition) is 4. The van der Waals surface area contributed by atoms with Gasteiger partial charge in [-0.1, -0.05) is 0 Å². The zero-order valence-electron chi connectivity index (χ0n) is 12.2. The molecule has 1 aromatic carbocycles. The topological polar surface area (TPSA) is 88.2 Å². The van der Waals surface area contributed by atoms with E-state index in [0.29, 0.717) is 22.6 Å². The Balaban J connectivity index is 2.11. The molecule has 0 bridgehead atoms. The van der Waals surface area contributed by atoms with Gasteiger partial charge in [0.1, 0.15) is 5.82 Å². The lowest BCUT2D eigenvalue weighted by Gasteiger charge is -2.07. The van der Waals surface area contributed by atoms with Gasteiger partial charge in [0.2, 0.25) is 5.91 Å². The first kappa shape index (κ1) is 15.4. The number of ketones is 1. The lowest BCUT2D eigenvalue weighted by molar-refractivity contribution is -0.114. The molecule has 0 spiro atoms. The molecule has 0 aliphatic rings.